The Morgan fingerprint density at radius 3 is 2.48 bits per heavy atom. The number of hydrazone groups is 1. The van der Waals surface area contributed by atoms with E-state index in [1.54, 1.807) is 23.6 Å². The summed E-state index contributed by atoms with van der Waals surface area (Å²) in [7, 11) is -2.77. The lowest BCUT2D eigenvalue weighted by molar-refractivity contribution is -0.114. The number of nitrogens with two attached hydrogens (primary N) is 1. The van der Waals surface area contributed by atoms with Crippen LogP contribution in [0.4, 0.5) is 5.69 Å². The fraction of sp³-hybridized carbons (Fsp3) is 0.0667. The molecule has 0 fully saturated rings. The van der Waals surface area contributed by atoms with Crippen molar-refractivity contribution in [3.8, 4) is 5.75 Å². The summed E-state index contributed by atoms with van der Waals surface area (Å²) in [5.74, 6) is 4.37. The number of hydrogen-bond donors (Lipinski definition) is 3. The number of anilines is 1. The average Bonchev–Trinajstić information content (AvgIpc) is 2.62. The molecular weight excluding hydrogens is 368 g/mol. The molecule has 4 N–H and O–H groups in total. The summed E-state index contributed by atoms with van der Waals surface area (Å²) in [6, 6.07) is 12.0. The van der Waals surface area contributed by atoms with Crippen LogP contribution in [0.3, 0.4) is 0 Å². The largest absolute Gasteiger partial charge is 0.495 e. The number of nitrogens with one attached hydrogen (secondary N) is 2. The number of amides is 1. The molecule has 0 saturated carbocycles. The maximum atomic E-state index is 12.6. The van der Waals surface area contributed by atoms with E-state index in [1.165, 1.54) is 37.4 Å². The van der Waals surface area contributed by atoms with Crippen LogP contribution in [0.1, 0.15) is 0 Å². The van der Waals surface area contributed by atoms with Crippen LogP contribution in [0.2, 0.25) is 5.02 Å². The van der Waals surface area contributed by atoms with Crippen LogP contribution in [-0.2, 0) is 14.6 Å². The summed E-state index contributed by atoms with van der Waals surface area (Å²) >= 11 is 5.90. The van der Waals surface area contributed by atoms with Crippen LogP contribution < -0.4 is 21.4 Å². The molecule has 10 heteroatoms. The monoisotopic (exact) mass is 382 g/mol. The Morgan fingerprint density at radius 1 is 1.20 bits per heavy atom. The molecule has 0 aromatic heterocycles. The second kappa shape index (κ2) is 7.97. The number of ether oxygens (including phenoxy) is 1. The summed E-state index contributed by atoms with van der Waals surface area (Å²) < 4.78 is 30.4. The predicted molar refractivity (Wildman–Crippen MR) is 95.0 cm³/mol. The quantitative estimate of drug-likeness (QED) is 0.242. The molecule has 0 bridgehead atoms. The van der Waals surface area contributed by atoms with Crippen molar-refractivity contribution in [3.63, 3.8) is 0 Å². The zero-order valence-corrected chi connectivity index (χ0v) is 14.6. The van der Waals surface area contributed by atoms with Crippen molar-refractivity contribution in [1.82, 2.24) is 5.43 Å². The Hall–Kier alpha value is -2.62. The van der Waals surface area contributed by atoms with Crippen LogP contribution in [0.5, 0.6) is 5.75 Å². The van der Waals surface area contributed by atoms with Crippen molar-refractivity contribution in [2.24, 2.45) is 10.9 Å². The third-order valence-electron chi connectivity index (χ3n) is 3.07. The second-order valence-electron chi connectivity index (χ2n) is 4.66. The number of hydrazine groups is 1. The van der Waals surface area contributed by atoms with Crippen LogP contribution >= 0.6 is 11.6 Å². The zero-order valence-electron chi connectivity index (χ0n) is 13.1. The highest BCUT2D eigenvalue weighted by molar-refractivity contribution is 8.08. The van der Waals surface area contributed by atoms with E-state index in [0.29, 0.717) is 10.8 Å². The van der Waals surface area contributed by atoms with E-state index in [1.807, 2.05) is 0 Å². The first-order chi connectivity index (χ1) is 11.9. The molecule has 0 aliphatic heterocycles. The molecule has 0 saturated heterocycles. The van der Waals surface area contributed by atoms with Crippen molar-refractivity contribution < 1.29 is 17.9 Å². The highest BCUT2D eigenvalue weighted by Crippen LogP contribution is 2.27. The van der Waals surface area contributed by atoms with Gasteiger partial charge in [-0.3, -0.25) is 15.6 Å². The van der Waals surface area contributed by atoms with E-state index in [-0.39, 0.29) is 10.6 Å². The molecular formula is C15H15ClN4O4S. The number of carbonyl (C=O) groups excluding carboxylic acids is 1. The Balaban J connectivity index is 2.47. The van der Waals surface area contributed by atoms with Gasteiger partial charge in [0.05, 0.1) is 17.7 Å². The van der Waals surface area contributed by atoms with Gasteiger partial charge in [-0.05, 0) is 30.3 Å². The average molecular weight is 383 g/mol. The van der Waals surface area contributed by atoms with Gasteiger partial charge in [0, 0.05) is 5.02 Å². The number of carbonyl (C=O) groups is 1. The fourth-order valence-corrected chi connectivity index (χ4v) is 3.26. The van der Waals surface area contributed by atoms with Crippen molar-refractivity contribution in [3.05, 3.63) is 53.6 Å². The minimum Gasteiger partial charge on any atom is -0.495 e. The summed E-state index contributed by atoms with van der Waals surface area (Å²) in [5, 5.41) is 3.28. The zero-order chi connectivity index (χ0) is 18.4. The van der Waals surface area contributed by atoms with Gasteiger partial charge >= 0.3 is 0 Å². The van der Waals surface area contributed by atoms with Crippen molar-refractivity contribution in [2.45, 2.75) is 4.90 Å². The highest BCUT2D eigenvalue weighted by atomic mass is 35.5. The van der Waals surface area contributed by atoms with E-state index in [9.17, 15) is 13.2 Å². The number of hydrogen-bond acceptors (Lipinski definition) is 7. The van der Waals surface area contributed by atoms with Gasteiger partial charge in [-0.1, -0.05) is 29.8 Å². The van der Waals surface area contributed by atoms with E-state index in [4.69, 9.17) is 22.2 Å². The number of halogens is 1. The molecule has 2 aromatic rings. The van der Waals surface area contributed by atoms with Gasteiger partial charge in [-0.15, -0.1) is 0 Å². The van der Waals surface area contributed by atoms with Gasteiger partial charge in [0.15, 0.2) is 0 Å². The summed E-state index contributed by atoms with van der Waals surface area (Å²) in [4.78, 5) is 11.8. The molecule has 1 amide bonds. The van der Waals surface area contributed by atoms with Crippen LogP contribution in [0.15, 0.2) is 58.5 Å². The summed E-state index contributed by atoms with van der Waals surface area (Å²) in [6.07, 6.45) is 0. The van der Waals surface area contributed by atoms with Gasteiger partial charge in [-0.25, -0.2) is 14.3 Å². The lowest BCUT2D eigenvalue weighted by Crippen LogP contribution is -2.40. The van der Waals surface area contributed by atoms with Crippen LogP contribution in [0.25, 0.3) is 0 Å². The van der Waals surface area contributed by atoms with Crippen LogP contribution in [-0.4, -0.2) is 26.5 Å². The summed E-state index contributed by atoms with van der Waals surface area (Å²) in [5.41, 5.74) is 4.53. The van der Waals surface area contributed by atoms with Gasteiger partial charge in [0.1, 0.15) is 5.75 Å². The molecule has 0 aliphatic carbocycles. The first-order valence-electron chi connectivity index (χ1n) is 6.88. The molecule has 0 aliphatic rings. The molecule has 0 spiro atoms. The number of nitrogens with zero attached hydrogens (tertiary/aromatic N) is 1. The maximum absolute atomic E-state index is 12.6. The molecule has 0 radical (unpaired) electrons. The van der Waals surface area contributed by atoms with E-state index in [0.717, 1.165) is 0 Å². The Kier molecular flexibility index (Phi) is 5.97. The molecule has 0 atom stereocenters. The molecule has 8 nitrogen and oxygen atoms in total. The standard InChI is InChI=1S/C15H15ClN4O4S/c1-24-13-8-7-10(16)9-12(13)19-20-15(14(21)18-17)25(22,23)11-5-3-2-4-6-11/h2-9,19H,17H2,1H3,(H,18,21)/b20-15-. The lowest BCUT2D eigenvalue weighted by Gasteiger charge is -2.10. The smallest absolute Gasteiger partial charge is 0.297 e. The molecule has 0 heterocycles. The Labute approximate surface area is 149 Å². The highest BCUT2D eigenvalue weighted by Gasteiger charge is 2.29. The third-order valence-corrected chi connectivity index (χ3v) is 4.99. The predicted octanol–water partition coefficient (Wildman–Crippen LogP) is 1.54. The van der Waals surface area contributed by atoms with Crippen molar-refractivity contribution in [1.29, 1.82) is 0 Å². The number of rotatable bonds is 4. The minimum absolute atomic E-state index is 0.0998. The first-order valence-corrected chi connectivity index (χ1v) is 8.74. The molecule has 2 aromatic carbocycles. The van der Waals surface area contributed by atoms with Gasteiger partial charge in [0.25, 0.3) is 5.91 Å². The molecule has 25 heavy (non-hydrogen) atoms. The van der Waals surface area contributed by atoms with Gasteiger partial charge < -0.3 is 4.74 Å². The third kappa shape index (κ3) is 4.27. The molecule has 132 valence electrons. The second-order valence-corrected chi connectivity index (χ2v) is 6.96. The normalized spacial score (nSPS) is 11.7. The minimum atomic E-state index is -4.19. The number of methoxy groups -OCH3 is 1. The van der Waals surface area contributed by atoms with Gasteiger partial charge in [0.2, 0.25) is 14.9 Å². The van der Waals surface area contributed by atoms with Gasteiger partial charge in [-0.2, -0.15) is 5.10 Å². The van der Waals surface area contributed by atoms with Crippen molar-refractivity contribution in [2.75, 3.05) is 12.5 Å². The topological polar surface area (TPSA) is 123 Å². The SMILES string of the molecule is COc1ccc(Cl)cc1N/N=C(/C(=O)NN)S(=O)(=O)c1ccccc1. The molecule has 0 unspecified atom stereocenters. The fourth-order valence-electron chi connectivity index (χ4n) is 1.88. The number of sulfone groups is 1. The maximum Gasteiger partial charge on any atom is 0.297 e. The lowest BCUT2D eigenvalue weighted by atomic mass is 10.3. The molecule has 2 rings (SSSR count). The number of benzene rings is 2. The summed E-state index contributed by atoms with van der Waals surface area (Å²) in [6.45, 7) is 0. The van der Waals surface area contributed by atoms with Crippen molar-refractivity contribution >= 4 is 38.1 Å². The van der Waals surface area contributed by atoms with E-state index < -0.39 is 20.8 Å². The first kappa shape index (κ1) is 18.7. The van der Waals surface area contributed by atoms with E-state index in [2.05, 4.69) is 10.5 Å². The van der Waals surface area contributed by atoms with E-state index >= 15 is 0 Å². The Morgan fingerprint density at radius 2 is 1.88 bits per heavy atom. The van der Waals surface area contributed by atoms with Crippen LogP contribution in [0, 0.1) is 0 Å². The Bertz CT molecular complexity index is 901.